The van der Waals surface area contributed by atoms with Gasteiger partial charge < -0.3 is 13.7 Å². The largest absolute Gasteiger partial charge is 0.309 e. The molecule has 33 rings (SSSR count). The Hall–Kier alpha value is -19.1. The minimum absolute atomic E-state index is 0.987. The zero-order valence-corrected chi connectivity index (χ0v) is 79.0. The number of benzene rings is 23. The predicted octanol–water partition coefficient (Wildman–Crippen LogP) is 36.2. The van der Waals surface area contributed by atoms with E-state index in [2.05, 4.69) is 518 Å². The zero-order valence-electron chi connectivity index (χ0n) is 78.2. The Kier molecular flexibility index (Phi) is 17.7. The minimum Gasteiger partial charge on any atom is -0.309 e. The molecule has 0 spiro atoms. The molecular formula is C135H81N9S. The number of rotatable bonds is 7. The number of fused-ring (bicyclic) bond motifs is 43. The SMILES string of the molecule is c1cc(-c2ccc3c4ccc5ccccc5c4c4nc5ccccc5n4c3c2)cc(-c2cccc3c2sc2ccccc23)c1.c1ccc(-n2c3ccccc3c3cc(-c4ccc(-c5ccc6c7ccc8ccccc8c7c7nc8ccccc8n7c6c5)cc4)ccc32)cc1.c1ccc(-n2c3ccccc3c3ccc4c5ccccc5n(-c5ccc6c7ccc8ccccc8c7c7nc8ccccc8n7c6c5)c4c32)cc1. The topological polar surface area (TPSA) is 66.7 Å². The highest BCUT2D eigenvalue weighted by Gasteiger charge is 2.27. The second-order valence-electron chi connectivity index (χ2n) is 38.3. The zero-order chi connectivity index (χ0) is 94.7. The molecule has 10 heteroatoms. The lowest BCUT2D eigenvalue weighted by atomic mass is 9.95. The van der Waals surface area contributed by atoms with Crippen molar-refractivity contribution in [2.24, 2.45) is 0 Å². The number of para-hydroxylation sites is 11. The fourth-order valence-electron chi connectivity index (χ4n) is 24.2. The van der Waals surface area contributed by atoms with Crippen LogP contribution >= 0.6 is 11.3 Å². The summed E-state index contributed by atoms with van der Waals surface area (Å²) < 4.78 is 17.1. The smallest absolute Gasteiger partial charge is 0.147 e. The van der Waals surface area contributed by atoms with Gasteiger partial charge in [-0.1, -0.05) is 364 Å². The van der Waals surface area contributed by atoms with Gasteiger partial charge in [0.2, 0.25) is 0 Å². The predicted molar refractivity (Wildman–Crippen MR) is 613 cm³/mol. The Labute approximate surface area is 833 Å². The van der Waals surface area contributed by atoms with Gasteiger partial charge in [-0.15, -0.1) is 11.3 Å². The maximum absolute atomic E-state index is 5.30. The van der Waals surface area contributed by atoms with Crippen LogP contribution in [0.4, 0.5) is 0 Å². The van der Waals surface area contributed by atoms with E-state index in [-0.39, 0.29) is 0 Å². The third kappa shape index (κ3) is 12.2. The molecule has 0 atom stereocenters. The quantitative estimate of drug-likeness (QED) is 0.149. The van der Waals surface area contributed by atoms with Crippen LogP contribution in [0.25, 0.3) is 295 Å². The molecule has 33 aromatic rings. The van der Waals surface area contributed by atoms with E-state index in [1.54, 1.807) is 0 Å². The molecule has 0 aliphatic heterocycles. The highest BCUT2D eigenvalue weighted by molar-refractivity contribution is 7.26. The third-order valence-electron chi connectivity index (χ3n) is 30.6. The summed E-state index contributed by atoms with van der Waals surface area (Å²) in [6.45, 7) is 0. The van der Waals surface area contributed by atoms with E-state index in [4.69, 9.17) is 15.0 Å². The molecular weight excluding hydrogens is 1780 g/mol. The minimum atomic E-state index is 0.987. The molecule has 0 N–H and O–H groups in total. The van der Waals surface area contributed by atoms with E-state index in [9.17, 15) is 0 Å². The molecule has 0 bridgehead atoms. The van der Waals surface area contributed by atoms with Gasteiger partial charge in [0.15, 0.2) is 0 Å². The van der Waals surface area contributed by atoms with Crippen LogP contribution in [0.2, 0.25) is 0 Å². The van der Waals surface area contributed by atoms with Crippen molar-refractivity contribution in [3.05, 3.63) is 491 Å². The van der Waals surface area contributed by atoms with Gasteiger partial charge in [0.05, 0.1) is 82.8 Å². The number of hydrogen-bond donors (Lipinski definition) is 0. The van der Waals surface area contributed by atoms with E-state index >= 15 is 0 Å². The van der Waals surface area contributed by atoms with E-state index in [0.717, 1.165) is 66.9 Å². The van der Waals surface area contributed by atoms with Gasteiger partial charge in [-0.25, -0.2) is 15.0 Å². The lowest BCUT2D eigenvalue weighted by Gasteiger charge is -2.15. The van der Waals surface area contributed by atoms with Crippen LogP contribution in [0.15, 0.2) is 491 Å². The molecule has 10 heterocycles. The average Bonchev–Trinajstić information content (AvgIpc) is 1.54. The summed E-state index contributed by atoms with van der Waals surface area (Å²) in [4.78, 5) is 15.7. The number of hydrogen-bond acceptors (Lipinski definition) is 4. The van der Waals surface area contributed by atoms with E-state index in [0.29, 0.717) is 0 Å². The van der Waals surface area contributed by atoms with E-state index < -0.39 is 0 Å². The van der Waals surface area contributed by atoms with Crippen molar-refractivity contribution in [2.75, 3.05) is 0 Å². The molecule has 10 aromatic heterocycles. The van der Waals surface area contributed by atoms with Crippen molar-refractivity contribution in [3.63, 3.8) is 0 Å². The lowest BCUT2D eigenvalue weighted by molar-refractivity contribution is 1.15. The average molecular weight is 1860 g/mol. The highest BCUT2D eigenvalue weighted by Crippen LogP contribution is 2.49. The fourth-order valence-corrected chi connectivity index (χ4v) is 25.4. The molecule has 672 valence electrons. The maximum Gasteiger partial charge on any atom is 0.147 e. The Morgan fingerprint density at radius 1 is 0.166 bits per heavy atom. The number of thiophene rings is 1. The van der Waals surface area contributed by atoms with Crippen molar-refractivity contribution in [1.29, 1.82) is 0 Å². The molecule has 0 saturated heterocycles. The molecule has 0 aliphatic carbocycles. The van der Waals surface area contributed by atoms with Crippen LogP contribution in [-0.4, -0.2) is 41.9 Å². The molecule has 9 nitrogen and oxygen atoms in total. The highest BCUT2D eigenvalue weighted by atomic mass is 32.1. The number of nitrogens with zero attached hydrogens (tertiary/aromatic N) is 9. The van der Waals surface area contributed by atoms with Crippen LogP contribution in [-0.2, 0) is 0 Å². The fraction of sp³-hybridized carbons (Fsp3) is 0. The van der Waals surface area contributed by atoms with Crippen molar-refractivity contribution in [2.45, 2.75) is 0 Å². The third-order valence-corrected chi connectivity index (χ3v) is 31.8. The molecule has 0 amide bonds. The Balaban J connectivity index is 0.0000000993. The van der Waals surface area contributed by atoms with E-state index in [1.807, 2.05) is 11.3 Å². The Bertz CT molecular complexity index is 11300. The summed E-state index contributed by atoms with van der Waals surface area (Å²) in [6, 6.07) is 178. The van der Waals surface area contributed by atoms with Gasteiger partial charge in [0.1, 0.15) is 16.9 Å². The monoisotopic (exact) mass is 1860 g/mol. The first-order chi connectivity index (χ1) is 71.9. The summed E-state index contributed by atoms with van der Waals surface area (Å²) in [5.74, 6) is 0. The molecule has 23 aromatic carbocycles. The Morgan fingerprint density at radius 3 is 1.01 bits per heavy atom. The summed E-state index contributed by atoms with van der Waals surface area (Å²) in [5, 5.41) is 28.5. The van der Waals surface area contributed by atoms with Crippen LogP contribution in [0, 0.1) is 0 Å². The summed E-state index contributed by atoms with van der Waals surface area (Å²) >= 11 is 1.88. The first-order valence-corrected chi connectivity index (χ1v) is 50.4. The summed E-state index contributed by atoms with van der Waals surface area (Å²) in [6.07, 6.45) is 0. The summed E-state index contributed by atoms with van der Waals surface area (Å²) in [7, 11) is 0. The lowest BCUT2D eigenvalue weighted by Crippen LogP contribution is -2.00. The Morgan fingerprint density at radius 2 is 0.497 bits per heavy atom. The van der Waals surface area contributed by atoms with Crippen LogP contribution in [0.3, 0.4) is 0 Å². The van der Waals surface area contributed by atoms with Gasteiger partial charge in [-0.3, -0.25) is 13.2 Å². The van der Waals surface area contributed by atoms with Gasteiger partial charge in [0.25, 0.3) is 0 Å². The number of aromatic nitrogens is 9. The molecule has 0 fully saturated rings. The van der Waals surface area contributed by atoms with Gasteiger partial charge >= 0.3 is 0 Å². The second kappa shape index (κ2) is 31.7. The molecule has 0 saturated carbocycles. The van der Waals surface area contributed by atoms with Crippen molar-refractivity contribution >= 4 is 244 Å². The molecule has 0 aliphatic rings. The van der Waals surface area contributed by atoms with Crippen LogP contribution < -0.4 is 0 Å². The standard InChI is InChI=1S/C47H28N4.C47H29N3.C41H24N2S/c1-2-13-30(14-3-1)49-40-19-9-6-16-33(40)37-26-27-38-34-17-7-10-20-41(34)50(46(38)45(37)49)31-23-25-35-36-24-22-29-12-4-5-15-32(29)44(36)47-48-39-18-8-11-21-42(39)51(47)43(35)28-31;1-2-11-35(12-3-1)49-42-16-8-6-14-37(42)40-28-33(24-27-43(40)49)30-18-20-31(21-19-30)34-23-25-38-39-26-22-32-10-4-5-13-36(32)46(39)47-48-41-15-7-9-17-44(41)50(47)45(38)29-34;1-2-12-29-25(9-1)19-22-33-31-21-20-27(24-37(31)43-36-17-5-4-16-35(36)42-41(43)39(29)33)26-10-7-11-28(23-26)30-14-8-15-34-32-13-3-6-18-38(32)44-40(30)34/h1-28H;1-29H;1-24H. The second-order valence-corrected chi connectivity index (χ2v) is 39.4. The normalized spacial score (nSPS) is 12.1. The first-order valence-electron chi connectivity index (χ1n) is 49.6. The summed E-state index contributed by atoms with van der Waals surface area (Å²) in [5.41, 5.74) is 33.2. The molecule has 0 unspecified atom stereocenters. The number of pyridine rings is 3. The van der Waals surface area contributed by atoms with E-state index in [1.165, 1.54) is 228 Å². The first kappa shape index (κ1) is 80.8. The van der Waals surface area contributed by atoms with Gasteiger partial charge in [0, 0.05) is 102 Å². The molecule has 145 heavy (non-hydrogen) atoms. The molecule has 0 radical (unpaired) electrons. The van der Waals surface area contributed by atoms with Crippen LogP contribution in [0.1, 0.15) is 0 Å². The van der Waals surface area contributed by atoms with Crippen LogP contribution in [0.5, 0.6) is 0 Å². The number of imidazole rings is 3. The van der Waals surface area contributed by atoms with Gasteiger partial charge in [-0.05, 0) is 220 Å². The van der Waals surface area contributed by atoms with Gasteiger partial charge in [-0.2, -0.15) is 0 Å². The van der Waals surface area contributed by atoms with Crippen molar-refractivity contribution in [3.8, 4) is 61.6 Å². The van der Waals surface area contributed by atoms with Crippen molar-refractivity contribution < 1.29 is 0 Å². The maximum atomic E-state index is 5.30. The van der Waals surface area contributed by atoms with Crippen molar-refractivity contribution in [1.82, 2.24) is 41.9 Å².